The SMILES string of the molecule is CCCCCCC(C)NC(=NC)NCc1ncccc1C. The molecule has 1 unspecified atom stereocenters. The first kappa shape index (κ1) is 17.5. The van der Waals surface area contributed by atoms with Crippen LogP contribution in [0.2, 0.25) is 0 Å². The van der Waals surface area contributed by atoms with Crippen molar-refractivity contribution in [3.05, 3.63) is 29.6 Å². The van der Waals surface area contributed by atoms with Gasteiger partial charge in [0.05, 0.1) is 12.2 Å². The number of hydrogen-bond donors (Lipinski definition) is 2. The summed E-state index contributed by atoms with van der Waals surface area (Å²) in [5.74, 6) is 0.850. The summed E-state index contributed by atoms with van der Waals surface area (Å²) in [5, 5.41) is 6.78. The molecule has 0 aliphatic carbocycles. The van der Waals surface area contributed by atoms with Crippen LogP contribution in [0.15, 0.2) is 23.3 Å². The highest BCUT2D eigenvalue weighted by atomic mass is 15.2. The topological polar surface area (TPSA) is 49.3 Å². The molecule has 118 valence electrons. The number of aryl methyl sites for hydroxylation is 1. The van der Waals surface area contributed by atoms with Crippen molar-refractivity contribution < 1.29 is 0 Å². The maximum atomic E-state index is 4.39. The summed E-state index contributed by atoms with van der Waals surface area (Å²) in [6.45, 7) is 7.24. The molecule has 2 N–H and O–H groups in total. The molecule has 4 heteroatoms. The van der Waals surface area contributed by atoms with E-state index in [4.69, 9.17) is 0 Å². The van der Waals surface area contributed by atoms with Crippen LogP contribution in [0.25, 0.3) is 0 Å². The summed E-state index contributed by atoms with van der Waals surface area (Å²) in [6, 6.07) is 4.48. The third-order valence-electron chi connectivity index (χ3n) is 3.64. The van der Waals surface area contributed by atoms with Crippen molar-refractivity contribution in [2.75, 3.05) is 7.05 Å². The quantitative estimate of drug-likeness (QED) is 0.438. The minimum absolute atomic E-state index is 0.442. The van der Waals surface area contributed by atoms with Crippen molar-refractivity contribution in [3.8, 4) is 0 Å². The Morgan fingerprint density at radius 3 is 2.81 bits per heavy atom. The number of nitrogens with one attached hydrogen (secondary N) is 2. The molecule has 0 aromatic carbocycles. The monoisotopic (exact) mass is 290 g/mol. The van der Waals surface area contributed by atoms with E-state index in [9.17, 15) is 0 Å². The van der Waals surface area contributed by atoms with Gasteiger partial charge in [0.1, 0.15) is 0 Å². The van der Waals surface area contributed by atoms with Crippen LogP contribution in [0.1, 0.15) is 57.2 Å². The van der Waals surface area contributed by atoms with Crippen LogP contribution in [-0.2, 0) is 6.54 Å². The van der Waals surface area contributed by atoms with E-state index >= 15 is 0 Å². The van der Waals surface area contributed by atoms with Crippen LogP contribution in [0.4, 0.5) is 0 Å². The molecule has 1 atom stereocenters. The number of aromatic nitrogens is 1. The number of nitrogens with zero attached hydrogens (tertiary/aromatic N) is 2. The second kappa shape index (κ2) is 10.2. The number of hydrogen-bond acceptors (Lipinski definition) is 2. The van der Waals surface area contributed by atoms with Gasteiger partial charge in [-0.15, -0.1) is 0 Å². The normalized spacial score (nSPS) is 13.0. The summed E-state index contributed by atoms with van der Waals surface area (Å²) >= 11 is 0. The lowest BCUT2D eigenvalue weighted by molar-refractivity contribution is 0.536. The van der Waals surface area contributed by atoms with E-state index in [-0.39, 0.29) is 0 Å². The lowest BCUT2D eigenvalue weighted by Gasteiger charge is -2.18. The average molecular weight is 290 g/mol. The maximum Gasteiger partial charge on any atom is 0.191 e. The molecule has 0 aliphatic rings. The molecule has 21 heavy (non-hydrogen) atoms. The molecule has 0 saturated carbocycles. The lowest BCUT2D eigenvalue weighted by atomic mass is 10.1. The van der Waals surface area contributed by atoms with Gasteiger partial charge < -0.3 is 10.6 Å². The number of unbranched alkanes of at least 4 members (excludes halogenated alkanes) is 3. The van der Waals surface area contributed by atoms with Gasteiger partial charge in [-0.1, -0.05) is 38.7 Å². The Morgan fingerprint density at radius 1 is 1.33 bits per heavy atom. The van der Waals surface area contributed by atoms with Crippen LogP contribution in [-0.4, -0.2) is 24.0 Å². The Bertz CT molecular complexity index is 429. The number of rotatable bonds is 8. The molecule has 0 aliphatic heterocycles. The maximum absolute atomic E-state index is 4.39. The fourth-order valence-corrected chi connectivity index (χ4v) is 2.25. The molecule has 1 aromatic rings. The Kier molecular flexibility index (Phi) is 8.48. The zero-order chi connectivity index (χ0) is 15.5. The van der Waals surface area contributed by atoms with E-state index in [1.165, 1.54) is 37.7 Å². The van der Waals surface area contributed by atoms with Crippen LogP contribution in [0, 0.1) is 6.92 Å². The standard InChI is InChI=1S/C17H30N4/c1-5-6-7-8-11-15(3)21-17(18-4)20-13-16-14(2)10-9-12-19-16/h9-10,12,15H,5-8,11,13H2,1-4H3,(H2,18,20,21). The van der Waals surface area contributed by atoms with Crippen LogP contribution in [0.5, 0.6) is 0 Å². The first-order valence-corrected chi connectivity index (χ1v) is 8.05. The predicted molar refractivity (Wildman–Crippen MR) is 90.5 cm³/mol. The summed E-state index contributed by atoms with van der Waals surface area (Å²) in [4.78, 5) is 8.67. The third-order valence-corrected chi connectivity index (χ3v) is 3.64. The zero-order valence-electron chi connectivity index (χ0n) is 13.9. The van der Waals surface area contributed by atoms with Crippen molar-refractivity contribution in [1.29, 1.82) is 0 Å². The minimum atomic E-state index is 0.442. The lowest BCUT2D eigenvalue weighted by Crippen LogP contribution is -2.42. The van der Waals surface area contributed by atoms with Crippen molar-refractivity contribution >= 4 is 5.96 Å². The predicted octanol–water partition coefficient (Wildman–Crippen LogP) is 3.41. The van der Waals surface area contributed by atoms with Crippen LogP contribution < -0.4 is 10.6 Å². The number of guanidine groups is 1. The largest absolute Gasteiger partial charge is 0.354 e. The van der Waals surface area contributed by atoms with Crippen LogP contribution >= 0.6 is 0 Å². The molecule has 0 bridgehead atoms. The Balaban J connectivity index is 2.33. The molecule has 0 radical (unpaired) electrons. The summed E-state index contributed by atoms with van der Waals surface area (Å²) < 4.78 is 0. The molecular weight excluding hydrogens is 260 g/mol. The van der Waals surface area contributed by atoms with Crippen molar-refractivity contribution in [1.82, 2.24) is 15.6 Å². The van der Waals surface area contributed by atoms with Gasteiger partial charge in [-0.2, -0.15) is 0 Å². The second-order valence-electron chi connectivity index (χ2n) is 5.59. The van der Waals surface area contributed by atoms with Gasteiger partial charge in [0.2, 0.25) is 0 Å². The molecule has 0 spiro atoms. The fraction of sp³-hybridized carbons (Fsp3) is 0.647. The molecule has 1 rings (SSSR count). The van der Waals surface area contributed by atoms with E-state index in [2.05, 4.69) is 47.4 Å². The van der Waals surface area contributed by atoms with Gasteiger partial charge in [0, 0.05) is 19.3 Å². The summed E-state index contributed by atoms with van der Waals surface area (Å²) in [5.41, 5.74) is 2.27. The van der Waals surface area contributed by atoms with Crippen molar-refractivity contribution in [2.45, 2.75) is 65.5 Å². The minimum Gasteiger partial charge on any atom is -0.354 e. The molecule has 0 fully saturated rings. The first-order chi connectivity index (χ1) is 10.2. The van der Waals surface area contributed by atoms with Crippen molar-refractivity contribution in [3.63, 3.8) is 0 Å². The Morgan fingerprint density at radius 2 is 2.14 bits per heavy atom. The van der Waals surface area contributed by atoms with Crippen LogP contribution in [0.3, 0.4) is 0 Å². The number of aliphatic imine (C=N–C) groups is 1. The van der Waals surface area contributed by atoms with Crippen molar-refractivity contribution in [2.24, 2.45) is 4.99 Å². The molecule has 1 aromatic heterocycles. The third kappa shape index (κ3) is 7.11. The van der Waals surface area contributed by atoms with Gasteiger partial charge in [-0.3, -0.25) is 9.98 Å². The Hall–Kier alpha value is -1.58. The molecule has 4 nitrogen and oxygen atoms in total. The molecular formula is C17H30N4. The van der Waals surface area contributed by atoms with E-state index in [0.717, 1.165) is 11.7 Å². The Labute approximate surface area is 129 Å². The number of pyridine rings is 1. The van der Waals surface area contributed by atoms with E-state index in [0.29, 0.717) is 12.6 Å². The highest BCUT2D eigenvalue weighted by Crippen LogP contribution is 2.05. The summed E-state index contributed by atoms with van der Waals surface area (Å²) in [6.07, 6.45) is 8.23. The summed E-state index contributed by atoms with van der Waals surface area (Å²) in [7, 11) is 1.81. The van der Waals surface area contributed by atoms with E-state index in [1.54, 1.807) is 0 Å². The molecule has 1 heterocycles. The first-order valence-electron chi connectivity index (χ1n) is 8.05. The van der Waals surface area contributed by atoms with Gasteiger partial charge in [0.25, 0.3) is 0 Å². The van der Waals surface area contributed by atoms with Gasteiger partial charge in [-0.25, -0.2) is 0 Å². The van der Waals surface area contributed by atoms with E-state index in [1.807, 2.05) is 19.3 Å². The fourth-order valence-electron chi connectivity index (χ4n) is 2.25. The van der Waals surface area contributed by atoms with Gasteiger partial charge in [0.15, 0.2) is 5.96 Å². The highest BCUT2D eigenvalue weighted by Gasteiger charge is 2.06. The van der Waals surface area contributed by atoms with Gasteiger partial charge in [-0.05, 0) is 31.9 Å². The smallest absolute Gasteiger partial charge is 0.191 e. The van der Waals surface area contributed by atoms with E-state index < -0.39 is 0 Å². The average Bonchev–Trinajstić information content (AvgIpc) is 2.49. The molecule has 0 amide bonds. The molecule has 0 saturated heterocycles. The zero-order valence-corrected chi connectivity index (χ0v) is 13.9. The highest BCUT2D eigenvalue weighted by molar-refractivity contribution is 5.79. The second-order valence-corrected chi connectivity index (χ2v) is 5.59. The van der Waals surface area contributed by atoms with Gasteiger partial charge >= 0.3 is 0 Å².